The van der Waals surface area contributed by atoms with Gasteiger partial charge in [-0.25, -0.2) is 8.42 Å². The first-order chi connectivity index (χ1) is 9.10. The van der Waals surface area contributed by atoms with E-state index in [4.69, 9.17) is 0 Å². The van der Waals surface area contributed by atoms with Crippen LogP contribution in [0.25, 0.3) is 0 Å². The molecule has 0 aliphatic heterocycles. The predicted octanol–water partition coefficient (Wildman–Crippen LogP) is 2.77. The zero-order valence-electron chi connectivity index (χ0n) is 11.5. The van der Waals surface area contributed by atoms with Gasteiger partial charge in [0, 0.05) is 12.6 Å². The fourth-order valence-electron chi connectivity index (χ4n) is 2.59. The standard InChI is InChI=1S/C15H23NO2S/c1-13(12-16-14-8-4-2-5-9-14)19(17,18)15-10-6-3-7-11-15/h3,6-7,10-11,13-14,16H,2,4-5,8-9,12H2,1H3. The third kappa shape index (κ3) is 3.80. The molecular weight excluding hydrogens is 258 g/mol. The Morgan fingerprint density at radius 2 is 1.79 bits per heavy atom. The number of benzene rings is 1. The smallest absolute Gasteiger partial charge is 0.182 e. The lowest BCUT2D eigenvalue weighted by Gasteiger charge is -2.24. The van der Waals surface area contributed by atoms with Gasteiger partial charge in [-0.05, 0) is 31.9 Å². The molecule has 1 atom stereocenters. The minimum Gasteiger partial charge on any atom is -0.313 e. The summed E-state index contributed by atoms with van der Waals surface area (Å²) in [6.45, 7) is 2.33. The summed E-state index contributed by atoms with van der Waals surface area (Å²) in [6.07, 6.45) is 6.20. The highest BCUT2D eigenvalue weighted by molar-refractivity contribution is 7.92. The van der Waals surface area contributed by atoms with Gasteiger partial charge in [0.05, 0.1) is 10.1 Å². The molecule has 1 unspecified atom stereocenters. The Kier molecular flexibility index (Phi) is 4.99. The highest BCUT2D eigenvalue weighted by atomic mass is 32.2. The molecule has 0 saturated heterocycles. The average Bonchev–Trinajstić information content (AvgIpc) is 2.46. The molecule has 0 spiro atoms. The van der Waals surface area contributed by atoms with Crippen molar-refractivity contribution < 1.29 is 8.42 Å². The Morgan fingerprint density at radius 3 is 2.42 bits per heavy atom. The van der Waals surface area contributed by atoms with Crippen molar-refractivity contribution in [2.45, 2.75) is 55.2 Å². The van der Waals surface area contributed by atoms with Crippen LogP contribution in [0.5, 0.6) is 0 Å². The molecule has 0 radical (unpaired) electrons. The second-order valence-electron chi connectivity index (χ2n) is 5.41. The molecule has 106 valence electrons. The minimum absolute atomic E-state index is 0.378. The molecular formula is C15H23NO2S. The molecule has 1 N–H and O–H groups in total. The highest BCUT2D eigenvalue weighted by Crippen LogP contribution is 2.19. The van der Waals surface area contributed by atoms with E-state index in [-0.39, 0.29) is 5.25 Å². The lowest BCUT2D eigenvalue weighted by molar-refractivity contribution is 0.374. The summed E-state index contributed by atoms with van der Waals surface area (Å²) >= 11 is 0. The lowest BCUT2D eigenvalue weighted by atomic mass is 9.95. The number of rotatable bonds is 5. The van der Waals surface area contributed by atoms with Crippen LogP contribution in [-0.4, -0.2) is 26.3 Å². The molecule has 4 heteroatoms. The first kappa shape index (κ1) is 14.5. The van der Waals surface area contributed by atoms with Crippen LogP contribution in [0.15, 0.2) is 35.2 Å². The van der Waals surface area contributed by atoms with E-state index in [1.807, 2.05) is 6.07 Å². The average molecular weight is 281 g/mol. The van der Waals surface area contributed by atoms with Crippen molar-refractivity contribution in [1.29, 1.82) is 0 Å². The second kappa shape index (κ2) is 6.53. The first-order valence-electron chi connectivity index (χ1n) is 7.13. The maximum atomic E-state index is 12.4. The predicted molar refractivity (Wildman–Crippen MR) is 78.0 cm³/mol. The van der Waals surface area contributed by atoms with Crippen LogP contribution in [-0.2, 0) is 9.84 Å². The molecule has 19 heavy (non-hydrogen) atoms. The van der Waals surface area contributed by atoms with Crippen LogP contribution < -0.4 is 5.32 Å². The van der Waals surface area contributed by atoms with E-state index < -0.39 is 9.84 Å². The zero-order chi connectivity index (χ0) is 13.7. The van der Waals surface area contributed by atoms with Gasteiger partial charge < -0.3 is 5.32 Å². The van der Waals surface area contributed by atoms with Crippen molar-refractivity contribution in [3.8, 4) is 0 Å². The topological polar surface area (TPSA) is 46.2 Å². The van der Waals surface area contributed by atoms with Crippen molar-refractivity contribution in [3.63, 3.8) is 0 Å². The summed E-state index contributed by atoms with van der Waals surface area (Å²) in [5, 5.41) is 3.04. The van der Waals surface area contributed by atoms with E-state index in [1.165, 1.54) is 32.1 Å². The summed E-state index contributed by atoms with van der Waals surface area (Å²) in [5.41, 5.74) is 0. The van der Waals surface area contributed by atoms with E-state index in [0.29, 0.717) is 17.5 Å². The number of hydrogen-bond acceptors (Lipinski definition) is 3. The quantitative estimate of drug-likeness (QED) is 0.902. The molecule has 1 aliphatic carbocycles. The molecule has 1 fully saturated rings. The van der Waals surface area contributed by atoms with E-state index in [0.717, 1.165) is 0 Å². The molecule has 1 aromatic rings. The monoisotopic (exact) mass is 281 g/mol. The molecule has 0 heterocycles. The maximum absolute atomic E-state index is 12.4. The van der Waals surface area contributed by atoms with Crippen molar-refractivity contribution in [2.75, 3.05) is 6.54 Å². The summed E-state index contributed by atoms with van der Waals surface area (Å²) in [6, 6.07) is 9.23. The molecule has 0 bridgehead atoms. The van der Waals surface area contributed by atoms with E-state index in [9.17, 15) is 8.42 Å². The van der Waals surface area contributed by atoms with Crippen molar-refractivity contribution in [1.82, 2.24) is 5.32 Å². The van der Waals surface area contributed by atoms with Crippen LogP contribution in [0.1, 0.15) is 39.0 Å². The normalized spacial score (nSPS) is 19.2. The van der Waals surface area contributed by atoms with Gasteiger partial charge in [-0.2, -0.15) is 0 Å². The summed E-state index contributed by atoms with van der Waals surface area (Å²) in [7, 11) is -3.20. The first-order valence-corrected chi connectivity index (χ1v) is 8.67. The van der Waals surface area contributed by atoms with Crippen LogP contribution in [0.3, 0.4) is 0 Å². The molecule has 1 aliphatic rings. The fraction of sp³-hybridized carbons (Fsp3) is 0.600. The van der Waals surface area contributed by atoms with Gasteiger partial charge in [-0.3, -0.25) is 0 Å². The van der Waals surface area contributed by atoms with Gasteiger partial charge in [0.2, 0.25) is 0 Å². The van der Waals surface area contributed by atoms with E-state index >= 15 is 0 Å². The number of sulfone groups is 1. The van der Waals surface area contributed by atoms with Crippen molar-refractivity contribution in [2.24, 2.45) is 0 Å². The zero-order valence-corrected chi connectivity index (χ0v) is 12.3. The van der Waals surface area contributed by atoms with Crippen molar-refractivity contribution in [3.05, 3.63) is 30.3 Å². The van der Waals surface area contributed by atoms with Gasteiger partial charge in [0.1, 0.15) is 0 Å². The van der Waals surface area contributed by atoms with Gasteiger partial charge in [0.25, 0.3) is 0 Å². The number of hydrogen-bond donors (Lipinski definition) is 1. The van der Waals surface area contributed by atoms with Crippen molar-refractivity contribution >= 4 is 9.84 Å². The number of nitrogens with one attached hydrogen (secondary N) is 1. The molecule has 2 rings (SSSR count). The Hall–Kier alpha value is -0.870. The molecule has 1 aromatic carbocycles. The summed E-state index contributed by atoms with van der Waals surface area (Å²) in [4.78, 5) is 0.424. The molecule has 0 aromatic heterocycles. The highest BCUT2D eigenvalue weighted by Gasteiger charge is 2.24. The molecule has 1 saturated carbocycles. The largest absolute Gasteiger partial charge is 0.313 e. The SMILES string of the molecule is CC(CNC1CCCCC1)S(=O)(=O)c1ccccc1. The van der Waals surface area contributed by atoms with Crippen LogP contribution in [0.4, 0.5) is 0 Å². The minimum atomic E-state index is -3.20. The Morgan fingerprint density at radius 1 is 1.16 bits per heavy atom. The summed E-state index contributed by atoms with van der Waals surface area (Å²) < 4.78 is 24.7. The van der Waals surface area contributed by atoms with Gasteiger partial charge in [0.15, 0.2) is 9.84 Å². The second-order valence-corrected chi connectivity index (χ2v) is 7.78. The van der Waals surface area contributed by atoms with Gasteiger partial charge in [-0.1, -0.05) is 37.5 Å². The van der Waals surface area contributed by atoms with Gasteiger partial charge >= 0.3 is 0 Å². The van der Waals surface area contributed by atoms with Crippen LogP contribution in [0, 0.1) is 0 Å². The molecule has 3 nitrogen and oxygen atoms in total. The summed E-state index contributed by atoms with van der Waals surface area (Å²) in [5.74, 6) is 0. The third-order valence-electron chi connectivity index (χ3n) is 3.90. The Bertz CT molecular complexity index is 478. The van der Waals surface area contributed by atoms with Crippen LogP contribution in [0.2, 0.25) is 0 Å². The molecule has 0 amide bonds. The maximum Gasteiger partial charge on any atom is 0.182 e. The Labute approximate surface area is 116 Å². The van der Waals surface area contributed by atoms with Gasteiger partial charge in [-0.15, -0.1) is 0 Å². The van der Waals surface area contributed by atoms with Crippen LogP contribution >= 0.6 is 0 Å². The fourth-order valence-corrected chi connectivity index (χ4v) is 3.91. The third-order valence-corrected chi connectivity index (χ3v) is 6.06. The van der Waals surface area contributed by atoms with E-state index in [1.54, 1.807) is 31.2 Å². The lowest BCUT2D eigenvalue weighted by Crippen LogP contribution is -2.38. The Balaban J connectivity index is 1.93. The van der Waals surface area contributed by atoms with E-state index in [2.05, 4.69) is 5.32 Å².